The Bertz CT molecular complexity index is 664. The number of benzene rings is 1. The Morgan fingerprint density at radius 1 is 1.24 bits per heavy atom. The van der Waals surface area contributed by atoms with E-state index in [0.29, 0.717) is 23.1 Å². The summed E-state index contributed by atoms with van der Waals surface area (Å²) in [5.74, 6) is 1.49. The molecule has 25 heavy (non-hydrogen) atoms. The van der Waals surface area contributed by atoms with Crippen LogP contribution < -0.4 is 4.74 Å². The van der Waals surface area contributed by atoms with Gasteiger partial charge in [-0.05, 0) is 49.3 Å². The lowest BCUT2D eigenvalue weighted by Crippen LogP contribution is -2.45. The first kappa shape index (κ1) is 18.1. The number of methoxy groups -OCH3 is 2. The predicted molar refractivity (Wildman–Crippen MR) is 96.8 cm³/mol. The molecule has 0 spiro atoms. The Morgan fingerprint density at radius 2 is 2.00 bits per heavy atom. The number of carbonyl (C=O) groups is 1. The lowest BCUT2D eigenvalue weighted by molar-refractivity contribution is -0.165. The molecule has 3 rings (SSSR count). The van der Waals surface area contributed by atoms with E-state index >= 15 is 0 Å². The van der Waals surface area contributed by atoms with Crippen molar-refractivity contribution in [3.63, 3.8) is 0 Å². The monoisotopic (exact) mass is 364 g/mol. The molecule has 0 saturated heterocycles. The summed E-state index contributed by atoms with van der Waals surface area (Å²) in [5.41, 5.74) is 0.646. The maximum absolute atomic E-state index is 12.1. The first-order chi connectivity index (χ1) is 12.1. The normalized spacial score (nSPS) is 24.0. The summed E-state index contributed by atoms with van der Waals surface area (Å²) in [6, 6.07) is 5.83. The van der Waals surface area contributed by atoms with E-state index in [2.05, 4.69) is 0 Å². The highest BCUT2D eigenvalue weighted by molar-refractivity contribution is 6.32. The van der Waals surface area contributed by atoms with Crippen LogP contribution in [0.15, 0.2) is 30.0 Å². The molecule has 0 bridgehead atoms. The third-order valence-corrected chi connectivity index (χ3v) is 5.77. The van der Waals surface area contributed by atoms with Gasteiger partial charge in [-0.15, -0.1) is 0 Å². The van der Waals surface area contributed by atoms with Gasteiger partial charge >= 0.3 is 5.97 Å². The third-order valence-electron chi connectivity index (χ3n) is 5.47. The molecular formula is C20H25ClO4. The molecule has 136 valence electrons. The lowest BCUT2D eigenvalue weighted by Gasteiger charge is -2.41. The van der Waals surface area contributed by atoms with Crippen LogP contribution in [0.25, 0.3) is 0 Å². The Morgan fingerprint density at radius 3 is 2.64 bits per heavy atom. The Labute approximate surface area is 154 Å². The fourth-order valence-electron chi connectivity index (χ4n) is 4.12. The number of rotatable bonds is 6. The first-order valence-corrected chi connectivity index (χ1v) is 9.24. The molecule has 1 aromatic rings. The molecule has 0 radical (unpaired) electrons. The number of halogens is 1. The van der Waals surface area contributed by atoms with Crippen molar-refractivity contribution < 1.29 is 19.0 Å². The molecule has 1 heterocycles. The topological polar surface area (TPSA) is 44.8 Å². The molecule has 1 fully saturated rings. The second-order valence-electron chi connectivity index (χ2n) is 6.93. The molecule has 1 saturated carbocycles. The zero-order valence-electron chi connectivity index (χ0n) is 14.8. The summed E-state index contributed by atoms with van der Waals surface area (Å²) in [5, 5.41) is 0.605. The number of hydrogen-bond acceptors (Lipinski definition) is 4. The second kappa shape index (κ2) is 7.69. The van der Waals surface area contributed by atoms with E-state index < -0.39 is 5.60 Å². The summed E-state index contributed by atoms with van der Waals surface area (Å²) in [6.45, 7) is 0. The summed E-state index contributed by atoms with van der Waals surface area (Å²) in [7, 11) is 3.23. The van der Waals surface area contributed by atoms with Gasteiger partial charge in [0.05, 0.1) is 25.3 Å². The molecule has 4 nitrogen and oxygen atoms in total. The molecule has 1 aliphatic carbocycles. The molecule has 2 aliphatic rings. The van der Waals surface area contributed by atoms with Gasteiger partial charge in [0.1, 0.15) is 17.1 Å². The average Bonchev–Trinajstić information content (AvgIpc) is 3.15. The molecule has 0 amide bonds. The van der Waals surface area contributed by atoms with Gasteiger partial charge in [-0.3, -0.25) is 0 Å². The molecule has 1 atom stereocenters. The highest BCUT2D eigenvalue weighted by Gasteiger charge is 2.46. The first-order valence-electron chi connectivity index (χ1n) is 8.86. The molecule has 0 N–H and O–H groups in total. The zero-order chi connectivity index (χ0) is 17.9. The minimum atomic E-state index is -0.472. The van der Waals surface area contributed by atoms with Crippen LogP contribution in [0.5, 0.6) is 5.75 Å². The van der Waals surface area contributed by atoms with E-state index in [1.165, 1.54) is 18.9 Å². The average molecular weight is 365 g/mol. The van der Waals surface area contributed by atoms with E-state index in [9.17, 15) is 4.79 Å². The van der Waals surface area contributed by atoms with Crippen molar-refractivity contribution in [2.45, 2.75) is 50.5 Å². The standard InChI is InChI=1S/C20H25ClO4/c1-23-16-12-19(22)25-20(13-16,15-5-3-4-6-15)10-9-14-7-8-18(24-2)17(21)11-14/h7-8,11-12,15H,3-6,9-10,13H2,1-2H3. The minimum absolute atomic E-state index is 0.289. The van der Waals surface area contributed by atoms with E-state index in [4.69, 9.17) is 25.8 Å². The van der Waals surface area contributed by atoms with Crippen molar-refractivity contribution >= 4 is 17.6 Å². The van der Waals surface area contributed by atoms with Crippen LogP contribution in [0.3, 0.4) is 0 Å². The predicted octanol–water partition coefficient (Wildman–Crippen LogP) is 4.69. The fourth-order valence-corrected chi connectivity index (χ4v) is 4.40. The quantitative estimate of drug-likeness (QED) is 0.687. The van der Waals surface area contributed by atoms with Crippen LogP contribution in [-0.2, 0) is 20.7 Å². The van der Waals surface area contributed by atoms with Gasteiger partial charge < -0.3 is 14.2 Å². The van der Waals surface area contributed by atoms with Gasteiger partial charge in [0, 0.05) is 6.42 Å². The number of ether oxygens (including phenoxy) is 3. The van der Waals surface area contributed by atoms with Crippen LogP contribution in [0, 0.1) is 5.92 Å². The van der Waals surface area contributed by atoms with Gasteiger partial charge in [0.25, 0.3) is 0 Å². The SMILES string of the molecule is COC1=CC(=O)OC(CCc2ccc(OC)c(Cl)c2)(C2CCCC2)C1. The largest absolute Gasteiger partial charge is 0.501 e. The van der Waals surface area contributed by atoms with E-state index in [1.807, 2.05) is 18.2 Å². The van der Waals surface area contributed by atoms with Crippen LogP contribution >= 0.6 is 11.6 Å². The third kappa shape index (κ3) is 3.95. The van der Waals surface area contributed by atoms with Crippen LogP contribution in [-0.4, -0.2) is 25.8 Å². The van der Waals surface area contributed by atoms with Gasteiger partial charge in [-0.1, -0.05) is 30.5 Å². The number of cyclic esters (lactones) is 1. The second-order valence-corrected chi connectivity index (χ2v) is 7.33. The molecular weight excluding hydrogens is 340 g/mol. The Balaban J connectivity index is 1.80. The molecule has 5 heteroatoms. The Kier molecular flexibility index (Phi) is 5.57. The summed E-state index contributed by atoms with van der Waals surface area (Å²) in [4.78, 5) is 12.1. The lowest BCUT2D eigenvalue weighted by atomic mass is 9.77. The maximum atomic E-state index is 12.1. The van der Waals surface area contributed by atoms with Gasteiger partial charge in [-0.25, -0.2) is 4.79 Å². The molecule has 1 aliphatic heterocycles. The number of aryl methyl sites for hydroxylation is 1. The van der Waals surface area contributed by atoms with Crippen molar-refractivity contribution in [3.05, 3.63) is 40.6 Å². The van der Waals surface area contributed by atoms with E-state index in [1.54, 1.807) is 14.2 Å². The molecule has 1 aromatic carbocycles. The summed E-state index contributed by atoms with van der Waals surface area (Å²) < 4.78 is 16.5. The maximum Gasteiger partial charge on any atom is 0.334 e. The van der Waals surface area contributed by atoms with Gasteiger partial charge in [-0.2, -0.15) is 0 Å². The molecule has 0 aromatic heterocycles. The van der Waals surface area contributed by atoms with Crippen molar-refractivity contribution in [1.82, 2.24) is 0 Å². The van der Waals surface area contributed by atoms with Gasteiger partial charge in [0.15, 0.2) is 0 Å². The summed E-state index contributed by atoms with van der Waals surface area (Å²) >= 11 is 6.24. The van der Waals surface area contributed by atoms with Crippen LogP contribution in [0.1, 0.15) is 44.1 Å². The van der Waals surface area contributed by atoms with Gasteiger partial charge in [0.2, 0.25) is 0 Å². The van der Waals surface area contributed by atoms with Crippen molar-refractivity contribution in [1.29, 1.82) is 0 Å². The number of hydrogen-bond donors (Lipinski definition) is 0. The Hall–Kier alpha value is -1.68. The van der Waals surface area contributed by atoms with Crippen LogP contribution in [0.4, 0.5) is 0 Å². The van der Waals surface area contributed by atoms with Crippen molar-refractivity contribution in [2.75, 3.05) is 14.2 Å². The van der Waals surface area contributed by atoms with E-state index in [0.717, 1.165) is 37.0 Å². The fraction of sp³-hybridized carbons (Fsp3) is 0.550. The smallest absolute Gasteiger partial charge is 0.334 e. The van der Waals surface area contributed by atoms with Crippen molar-refractivity contribution in [3.8, 4) is 5.75 Å². The highest BCUT2D eigenvalue weighted by Crippen LogP contribution is 2.45. The number of carbonyl (C=O) groups excluding carboxylic acids is 1. The van der Waals surface area contributed by atoms with E-state index in [-0.39, 0.29) is 5.97 Å². The number of esters is 1. The van der Waals surface area contributed by atoms with Crippen LogP contribution in [0.2, 0.25) is 5.02 Å². The summed E-state index contributed by atoms with van der Waals surface area (Å²) in [6.07, 6.45) is 8.30. The zero-order valence-corrected chi connectivity index (χ0v) is 15.6. The molecule has 1 unspecified atom stereocenters. The highest BCUT2D eigenvalue weighted by atomic mass is 35.5. The van der Waals surface area contributed by atoms with Crippen molar-refractivity contribution in [2.24, 2.45) is 5.92 Å². The minimum Gasteiger partial charge on any atom is -0.501 e.